The number of para-hydroxylation sites is 1. The quantitative estimate of drug-likeness (QED) is 0.725. The highest BCUT2D eigenvalue weighted by atomic mass is 16.2. The smallest absolute Gasteiger partial charge is 0.225 e. The third-order valence-corrected chi connectivity index (χ3v) is 3.57. The highest BCUT2D eigenvalue weighted by Crippen LogP contribution is 2.32. The number of benzene rings is 1. The molecule has 2 amide bonds. The molecule has 5 nitrogen and oxygen atoms in total. The molecule has 20 heavy (non-hydrogen) atoms. The lowest BCUT2D eigenvalue weighted by atomic mass is 10.1. The van der Waals surface area contributed by atoms with Crippen molar-refractivity contribution in [1.82, 2.24) is 5.32 Å². The van der Waals surface area contributed by atoms with Gasteiger partial charge in [-0.3, -0.25) is 9.59 Å². The molecule has 1 aromatic carbocycles. The Kier molecular flexibility index (Phi) is 4.74. The SMILES string of the molecule is CNC(=O)Cc1ccccc1NC(=O)CC(N)C1CC1. The van der Waals surface area contributed by atoms with Crippen molar-refractivity contribution in [2.24, 2.45) is 11.7 Å². The molecule has 1 unspecified atom stereocenters. The lowest BCUT2D eigenvalue weighted by Crippen LogP contribution is -2.29. The van der Waals surface area contributed by atoms with Crippen LogP contribution in [0.15, 0.2) is 24.3 Å². The summed E-state index contributed by atoms with van der Waals surface area (Å²) in [5, 5.41) is 5.43. The van der Waals surface area contributed by atoms with Crippen LogP contribution in [0.5, 0.6) is 0 Å². The molecule has 0 spiro atoms. The molecule has 1 fully saturated rings. The van der Waals surface area contributed by atoms with Crippen molar-refractivity contribution < 1.29 is 9.59 Å². The monoisotopic (exact) mass is 275 g/mol. The number of rotatable bonds is 6. The number of nitrogens with two attached hydrogens (primary N) is 1. The molecule has 1 aliphatic carbocycles. The molecule has 0 aromatic heterocycles. The van der Waals surface area contributed by atoms with Gasteiger partial charge in [0, 0.05) is 25.2 Å². The maximum absolute atomic E-state index is 12.0. The van der Waals surface area contributed by atoms with E-state index in [-0.39, 0.29) is 24.3 Å². The van der Waals surface area contributed by atoms with Crippen LogP contribution in [0.1, 0.15) is 24.8 Å². The van der Waals surface area contributed by atoms with Crippen LogP contribution in [0.2, 0.25) is 0 Å². The molecule has 108 valence electrons. The minimum atomic E-state index is -0.0891. The second-order valence-corrected chi connectivity index (χ2v) is 5.26. The molecule has 0 aliphatic heterocycles. The number of nitrogens with one attached hydrogen (secondary N) is 2. The van der Waals surface area contributed by atoms with Crippen molar-refractivity contribution in [1.29, 1.82) is 0 Å². The summed E-state index contributed by atoms with van der Waals surface area (Å²) in [5.74, 6) is 0.331. The molecule has 0 heterocycles. The van der Waals surface area contributed by atoms with E-state index in [1.807, 2.05) is 18.2 Å². The van der Waals surface area contributed by atoms with Gasteiger partial charge in [-0.2, -0.15) is 0 Å². The highest BCUT2D eigenvalue weighted by molar-refractivity contribution is 5.93. The third kappa shape index (κ3) is 4.06. The Morgan fingerprint density at radius 1 is 1.30 bits per heavy atom. The summed E-state index contributed by atoms with van der Waals surface area (Å²) in [4.78, 5) is 23.4. The van der Waals surface area contributed by atoms with E-state index in [9.17, 15) is 9.59 Å². The predicted molar refractivity (Wildman–Crippen MR) is 78.2 cm³/mol. The molecule has 1 saturated carbocycles. The molecule has 1 atom stereocenters. The van der Waals surface area contributed by atoms with Crippen molar-refractivity contribution in [2.75, 3.05) is 12.4 Å². The summed E-state index contributed by atoms with van der Waals surface area (Å²) < 4.78 is 0. The van der Waals surface area contributed by atoms with Gasteiger partial charge in [-0.25, -0.2) is 0 Å². The molecule has 2 rings (SSSR count). The van der Waals surface area contributed by atoms with E-state index in [1.54, 1.807) is 13.1 Å². The number of anilines is 1. The molecule has 1 aromatic rings. The van der Waals surface area contributed by atoms with Crippen LogP contribution < -0.4 is 16.4 Å². The van der Waals surface area contributed by atoms with Gasteiger partial charge in [0.15, 0.2) is 0 Å². The van der Waals surface area contributed by atoms with Crippen molar-refractivity contribution in [2.45, 2.75) is 31.7 Å². The van der Waals surface area contributed by atoms with Crippen LogP contribution in [-0.4, -0.2) is 24.9 Å². The van der Waals surface area contributed by atoms with Crippen LogP contribution in [0.3, 0.4) is 0 Å². The fraction of sp³-hybridized carbons (Fsp3) is 0.467. The first-order chi connectivity index (χ1) is 9.60. The van der Waals surface area contributed by atoms with Gasteiger partial charge in [-0.1, -0.05) is 18.2 Å². The van der Waals surface area contributed by atoms with Gasteiger partial charge in [0.2, 0.25) is 11.8 Å². The fourth-order valence-corrected chi connectivity index (χ4v) is 2.16. The Balaban J connectivity index is 1.97. The standard InChI is InChI=1S/C15H21N3O2/c1-17-14(19)8-11-4-2-3-5-13(11)18-15(20)9-12(16)10-6-7-10/h2-5,10,12H,6-9,16H2,1H3,(H,17,19)(H,18,20). The number of carbonyl (C=O) groups excluding carboxylic acids is 2. The zero-order valence-electron chi connectivity index (χ0n) is 11.7. The number of amides is 2. The Bertz CT molecular complexity index is 498. The van der Waals surface area contributed by atoms with Crippen LogP contribution in [0, 0.1) is 5.92 Å². The average Bonchev–Trinajstić information content (AvgIpc) is 3.25. The summed E-state index contributed by atoms with van der Waals surface area (Å²) in [6, 6.07) is 7.28. The summed E-state index contributed by atoms with van der Waals surface area (Å²) in [7, 11) is 1.60. The van der Waals surface area contributed by atoms with Gasteiger partial charge >= 0.3 is 0 Å². The minimum Gasteiger partial charge on any atom is -0.359 e. The van der Waals surface area contributed by atoms with Crippen LogP contribution in [0.4, 0.5) is 5.69 Å². The normalized spacial score (nSPS) is 15.5. The number of hydrogen-bond donors (Lipinski definition) is 3. The van der Waals surface area contributed by atoms with Crippen LogP contribution >= 0.6 is 0 Å². The Morgan fingerprint density at radius 3 is 2.65 bits per heavy atom. The van der Waals surface area contributed by atoms with E-state index < -0.39 is 0 Å². The van der Waals surface area contributed by atoms with E-state index in [0.717, 1.165) is 18.4 Å². The largest absolute Gasteiger partial charge is 0.359 e. The maximum atomic E-state index is 12.0. The van der Waals surface area contributed by atoms with Gasteiger partial charge in [-0.15, -0.1) is 0 Å². The molecule has 1 aliphatic rings. The number of hydrogen-bond acceptors (Lipinski definition) is 3. The Labute approximate surface area is 118 Å². The van der Waals surface area contributed by atoms with E-state index in [4.69, 9.17) is 5.73 Å². The number of likely N-dealkylation sites (N-methyl/N-ethyl adjacent to an activating group) is 1. The lowest BCUT2D eigenvalue weighted by Gasteiger charge is -2.13. The molecule has 5 heteroatoms. The van der Waals surface area contributed by atoms with Crippen LogP contribution in [-0.2, 0) is 16.0 Å². The molecular formula is C15H21N3O2. The Hall–Kier alpha value is -1.88. The van der Waals surface area contributed by atoms with Gasteiger partial charge in [0.25, 0.3) is 0 Å². The van der Waals surface area contributed by atoms with E-state index in [1.165, 1.54) is 0 Å². The second-order valence-electron chi connectivity index (χ2n) is 5.26. The minimum absolute atomic E-state index is 0.0545. The maximum Gasteiger partial charge on any atom is 0.225 e. The Morgan fingerprint density at radius 2 is 2.00 bits per heavy atom. The van der Waals surface area contributed by atoms with Crippen molar-refractivity contribution in [3.63, 3.8) is 0 Å². The zero-order chi connectivity index (χ0) is 14.5. The van der Waals surface area contributed by atoms with Crippen LogP contribution in [0.25, 0.3) is 0 Å². The van der Waals surface area contributed by atoms with Gasteiger partial charge in [0.1, 0.15) is 0 Å². The van der Waals surface area contributed by atoms with E-state index in [0.29, 0.717) is 18.0 Å². The van der Waals surface area contributed by atoms with Gasteiger partial charge in [0.05, 0.1) is 6.42 Å². The summed E-state index contributed by atoms with van der Waals surface area (Å²) in [6.45, 7) is 0. The fourth-order valence-electron chi connectivity index (χ4n) is 2.16. The van der Waals surface area contributed by atoms with E-state index >= 15 is 0 Å². The molecule has 0 saturated heterocycles. The topological polar surface area (TPSA) is 84.2 Å². The molecule has 4 N–H and O–H groups in total. The first kappa shape index (κ1) is 14.5. The highest BCUT2D eigenvalue weighted by Gasteiger charge is 2.29. The lowest BCUT2D eigenvalue weighted by molar-refractivity contribution is -0.120. The summed E-state index contributed by atoms with van der Waals surface area (Å²) >= 11 is 0. The average molecular weight is 275 g/mol. The third-order valence-electron chi connectivity index (χ3n) is 3.57. The summed E-state index contributed by atoms with van der Waals surface area (Å²) in [5.41, 5.74) is 7.44. The molecule has 0 radical (unpaired) electrons. The van der Waals surface area contributed by atoms with Gasteiger partial charge < -0.3 is 16.4 Å². The van der Waals surface area contributed by atoms with Crippen molar-refractivity contribution >= 4 is 17.5 Å². The second kappa shape index (κ2) is 6.52. The van der Waals surface area contributed by atoms with Crippen molar-refractivity contribution in [3.8, 4) is 0 Å². The first-order valence-corrected chi connectivity index (χ1v) is 6.94. The van der Waals surface area contributed by atoms with Gasteiger partial charge in [-0.05, 0) is 30.4 Å². The van der Waals surface area contributed by atoms with Crippen molar-refractivity contribution in [3.05, 3.63) is 29.8 Å². The van der Waals surface area contributed by atoms with E-state index in [2.05, 4.69) is 10.6 Å². The molecular weight excluding hydrogens is 254 g/mol. The summed E-state index contributed by atoms with van der Waals surface area (Å²) in [6.07, 6.45) is 2.84. The first-order valence-electron chi connectivity index (χ1n) is 6.94. The number of carbonyl (C=O) groups is 2. The molecule has 0 bridgehead atoms. The predicted octanol–water partition coefficient (Wildman–Crippen LogP) is 1.04. The zero-order valence-corrected chi connectivity index (χ0v) is 11.7.